The van der Waals surface area contributed by atoms with Gasteiger partial charge in [-0.1, -0.05) is 0 Å². The fourth-order valence-electron chi connectivity index (χ4n) is 1.56. The molecule has 1 N–H and O–H groups in total. The molecule has 0 spiro atoms. The van der Waals surface area contributed by atoms with E-state index in [9.17, 15) is 18.0 Å². The third-order valence-electron chi connectivity index (χ3n) is 2.33. The zero-order valence-corrected chi connectivity index (χ0v) is 7.69. The van der Waals surface area contributed by atoms with Crippen molar-refractivity contribution in [2.45, 2.75) is 19.0 Å². The van der Waals surface area contributed by atoms with Crippen LogP contribution < -0.4 is 5.32 Å². The molecule has 0 atom stereocenters. The van der Waals surface area contributed by atoms with Gasteiger partial charge in [-0.2, -0.15) is 13.2 Å². The van der Waals surface area contributed by atoms with Crippen molar-refractivity contribution in [2.24, 2.45) is 0 Å². The monoisotopic (exact) mass is 215 g/mol. The van der Waals surface area contributed by atoms with Gasteiger partial charge in [0.25, 0.3) is 0 Å². The predicted octanol–water partition coefficient (Wildman–Crippen LogP) is 2.59. The van der Waals surface area contributed by atoms with Crippen LogP contribution >= 0.6 is 0 Å². The molecule has 80 valence electrons. The molecule has 0 aliphatic carbocycles. The fourth-order valence-corrected chi connectivity index (χ4v) is 1.56. The molecule has 0 aromatic heterocycles. The van der Waals surface area contributed by atoms with Crippen LogP contribution in [0.3, 0.4) is 0 Å². The van der Waals surface area contributed by atoms with Crippen molar-refractivity contribution in [1.29, 1.82) is 0 Å². The summed E-state index contributed by atoms with van der Waals surface area (Å²) < 4.78 is 37.0. The standard InChI is InChI=1S/C10H8F3NO/c11-10(12,13)7-2-3-8-6(5-7)1-4-9(15)14-8/h2-3,5H,1,4H2,(H,14,15). The van der Waals surface area contributed by atoms with Gasteiger partial charge in [-0.3, -0.25) is 4.79 Å². The Balaban J connectivity index is 2.39. The van der Waals surface area contributed by atoms with Crippen LogP contribution in [0.15, 0.2) is 18.2 Å². The Morgan fingerprint density at radius 1 is 1.20 bits per heavy atom. The summed E-state index contributed by atoms with van der Waals surface area (Å²) in [6.07, 6.45) is -3.71. The minimum Gasteiger partial charge on any atom is -0.326 e. The fraction of sp³-hybridized carbons (Fsp3) is 0.300. The number of anilines is 1. The predicted molar refractivity (Wildman–Crippen MR) is 48.4 cm³/mol. The molecule has 0 radical (unpaired) electrons. The number of aryl methyl sites for hydroxylation is 1. The van der Waals surface area contributed by atoms with Gasteiger partial charge >= 0.3 is 6.18 Å². The molecule has 1 aliphatic heterocycles. The summed E-state index contributed by atoms with van der Waals surface area (Å²) in [4.78, 5) is 11.0. The number of rotatable bonds is 0. The minimum absolute atomic E-state index is 0.151. The van der Waals surface area contributed by atoms with Crippen LogP contribution in [0.2, 0.25) is 0 Å². The second-order valence-corrected chi connectivity index (χ2v) is 3.42. The molecule has 0 saturated carbocycles. The Kier molecular flexibility index (Phi) is 2.17. The average molecular weight is 215 g/mol. The second-order valence-electron chi connectivity index (χ2n) is 3.42. The molecule has 2 rings (SSSR count). The molecule has 1 amide bonds. The number of carbonyl (C=O) groups is 1. The van der Waals surface area contributed by atoms with E-state index in [2.05, 4.69) is 5.32 Å². The van der Waals surface area contributed by atoms with E-state index in [0.717, 1.165) is 12.1 Å². The summed E-state index contributed by atoms with van der Waals surface area (Å²) in [5.74, 6) is -0.151. The number of nitrogens with one attached hydrogen (secondary N) is 1. The zero-order chi connectivity index (χ0) is 11.1. The smallest absolute Gasteiger partial charge is 0.326 e. The number of amides is 1. The first-order valence-corrected chi connectivity index (χ1v) is 4.47. The zero-order valence-electron chi connectivity index (χ0n) is 7.69. The van der Waals surface area contributed by atoms with Crippen LogP contribution in [0, 0.1) is 0 Å². The van der Waals surface area contributed by atoms with E-state index in [4.69, 9.17) is 0 Å². The summed E-state index contributed by atoms with van der Waals surface area (Å²) in [7, 11) is 0. The second kappa shape index (κ2) is 3.25. The quantitative estimate of drug-likeness (QED) is 0.708. The Morgan fingerprint density at radius 3 is 2.60 bits per heavy atom. The number of carbonyl (C=O) groups excluding carboxylic acids is 1. The van der Waals surface area contributed by atoms with Gasteiger partial charge in [0, 0.05) is 12.1 Å². The average Bonchev–Trinajstić information content (AvgIpc) is 2.15. The van der Waals surface area contributed by atoms with Gasteiger partial charge in [0.2, 0.25) is 5.91 Å². The Labute approximate surface area is 84.1 Å². The van der Waals surface area contributed by atoms with E-state index in [1.54, 1.807) is 0 Å². The molecule has 0 fully saturated rings. The van der Waals surface area contributed by atoms with Gasteiger partial charge < -0.3 is 5.32 Å². The summed E-state index contributed by atoms with van der Waals surface area (Å²) in [5, 5.41) is 2.53. The molecule has 5 heteroatoms. The number of halogens is 3. The van der Waals surface area contributed by atoms with Gasteiger partial charge in [0.05, 0.1) is 5.56 Å². The van der Waals surface area contributed by atoms with E-state index in [1.807, 2.05) is 0 Å². The molecule has 0 bridgehead atoms. The van der Waals surface area contributed by atoms with Crippen LogP contribution in [0.4, 0.5) is 18.9 Å². The van der Waals surface area contributed by atoms with Gasteiger partial charge in [0.1, 0.15) is 0 Å². The number of hydrogen-bond acceptors (Lipinski definition) is 1. The third-order valence-corrected chi connectivity index (χ3v) is 2.33. The van der Waals surface area contributed by atoms with Crippen molar-refractivity contribution in [3.05, 3.63) is 29.3 Å². The van der Waals surface area contributed by atoms with E-state index >= 15 is 0 Å². The van der Waals surface area contributed by atoms with Crippen molar-refractivity contribution in [2.75, 3.05) is 5.32 Å². The van der Waals surface area contributed by atoms with Crippen molar-refractivity contribution >= 4 is 11.6 Å². The maximum absolute atomic E-state index is 12.3. The maximum atomic E-state index is 12.3. The number of benzene rings is 1. The molecule has 0 unspecified atom stereocenters. The van der Waals surface area contributed by atoms with Crippen molar-refractivity contribution in [1.82, 2.24) is 0 Å². The first-order chi connectivity index (χ1) is 6.97. The highest BCUT2D eigenvalue weighted by molar-refractivity contribution is 5.93. The lowest BCUT2D eigenvalue weighted by molar-refractivity contribution is -0.137. The van der Waals surface area contributed by atoms with E-state index in [-0.39, 0.29) is 12.3 Å². The van der Waals surface area contributed by atoms with E-state index < -0.39 is 11.7 Å². The van der Waals surface area contributed by atoms with E-state index in [1.165, 1.54) is 6.07 Å². The summed E-state index contributed by atoms with van der Waals surface area (Å²) >= 11 is 0. The van der Waals surface area contributed by atoms with Crippen LogP contribution in [-0.4, -0.2) is 5.91 Å². The number of hydrogen-bond donors (Lipinski definition) is 1. The van der Waals surface area contributed by atoms with Crippen molar-refractivity contribution in [3.63, 3.8) is 0 Å². The molecule has 0 saturated heterocycles. The maximum Gasteiger partial charge on any atom is 0.416 e. The molecular weight excluding hydrogens is 207 g/mol. The summed E-state index contributed by atoms with van der Waals surface area (Å²) in [6.45, 7) is 0. The summed E-state index contributed by atoms with van der Waals surface area (Å²) in [5.41, 5.74) is 0.362. The largest absolute Gasteiger partial charge is 0.416 e. The van der Waals surface area contributed by atoms with Crippen LogP contribution in [0.1, 0.15) is 17.5 Å². The Hall–Kier alpha value is -1.52. The van der Waals surface area contributed by atoms with Crippen molar-refractivity contribution in [3.8, 4) is 0 Å². The molecule has 1 aromatic rings. The number of alkyl halides is 3. The van der Waals surface area contributed by atoms with Crippen LogP contribution in [-0.2, 0) is 17.4 Å². The van der Waals surface area contributed by atoms with Gasteiger partial charge in [-0.25, -0.2) is 0 Å². The SMILES string of the molecule is O=C1CCc2cc(C(F)(F)F)ccc2N1. The van der Waals surface area contributed by atoms with Crippen LogP contribution in [0.25, 0.3) is 0 Å². The van der Waals surface area contributed by atoms with Crippen molar-refractivity contribution < 1.29 is 18.0 Å². The normalized spacial score (nSPS) is 15.8. The third kappa shape index (κ3) is 1.95. The molecule has 1 heterocycles. The van der Waals surface area contributed by atoms with Gasteiger partial charge in [0.15, 0.2) is 0 Å². The Bertz CT molecular complexity index is 412. The molecule has 1 aromatic carbocycles. The van der Waals surface area contributed by atoms with Gasteiger partial charge in [-0.15, -0.1) is 0 Å². The van der Waals surface area contributed by atoms with Gasteiger partial charge in [-0.05, 0) is 30.2 Å². The lowest BCUT2D eigenvalue weighted by atomic mass is 10.0. The molecule has 1 aliphatic rings. The lowest BCUT2D eigenvalue weighted by Crippen LogP contribution is -2.19. The molecule has 2 nitrogen and oxygen atoms in total. The van der Waals surface area contributed by atoms with Crippen LogP contribution in [0.5, 0.6) is 0 Å². The highest BCUT2D eigenvalue weighted by Crippen LogP contribution is 2.33. The Morgan fingerprint density at radius 2 is 1.93 bits per heavy atom. The first kappa shape index (κ1) is 10.0. The summed E-state index contributed by atoms with van der Waals surface area (Å²) in [6, 6.07) is 3.37. The highest BCUT2D eigenvalue weighted by atomic mass is 19.4. The molecular formula is C10H8F3NO. The lowest BCUT2D eigenvalue weighted by Gasteiger charge is -2.18. The van der Waals surface area contributed by atoms with E-state index in [0.29, 0.717) is 17.7 Å². The molecule has 15 heavy (non-hydrogen) atoms. The topological polar surface area (TPSA) is 29.1 Å². The highest BCUT2D eigenvalue weighted by Gasteiger charge is 2.31. The minimum atomic E-state index is -4.32. The number of fused-ring (bicyclic) bond motifs is 1. The first-order valence-electron chi connectivity index (χ1n) is 4.47.